The van der Waals surface area contributed by atoms with Gasteiger partial charge in [0.1, 0.15) is 0 Å². The molecule has 118 valence electrons. The molecule has 0 N–H and O–H groups in total. The fourth-order valence-corrected chi connectivity index (χ4v) is 3.13. The molecule has 0 radical (unpaired) electrons. The summed E-state index contributed by atoms with van der Waals surface area (Å²) in [5.41, 5.74) is 2.61. The Morgan fingerprint density at radius 2 is 1.78 bits per heavy atom. The van der Waals surface area contributed by atoms with Gasteiger partial charge >= 0.3 is 0 Å². The van der Waals surface area contributed by atoms with Gasteiger partial charge in [-0.25, -0.2) is 0 Å². The van der Waals surface area contributed by atoms with Crippen LogP contribution in [0.1, 0.15) is 24.8 Å². The number of carbonyl (C=O) groups excluding carboxylic acids is 2. The van der Waals surface area contributed by atoms with Gasteiger partial charge in [0.2, 0.25) is 11.8 Å². The zero-order valence-electron chi connectivity index (χ0n) is 13.4. The lowest BCUT2D eigenvalue weighted by Crippen LogP contribution is -2.41. The van der Waals surface area contributed by atoms with Crippen molar-refractivity contribution in [2.45, 2.75) is 19.3 Å². The van der Waals surface area contributed by atoms with Crippen LogP contribution in [-0.4, -0.2) is 25.4 Å². The van der Waals surface area contributed by atoms with Crippen LogP contribution >= 0.6 is 0 Å². The number of hydrogen-bond acceptors (Lipinski definition) is 2. The molecule has 0 aromatic heterocycles. The van der Waals surface area contributed by atoms with Crippen LogP contribution in [0.25, 0.3) is 0 Å². The van der Waals surface area contributed by atoms with Gasteiger partial charge in [0.25, 0.3) is 0 Å². The molecule has 23 heavy (non-hydrogen) atoms. The third-order valence-corrected chi connectivity index (χ3v) is 4.37. The summed E-state index contributed by atoms with van der Waals surface area (Å²) in [4.78, 5) is 28.8. The molecule has 0 aliphatic carbocycles. The van der Waals surface area contributed by atoms with Crippen molar-refractivity contribution in [1.82, 2.24) is 0 Å². The molecule has 1 heterocycles. The summed E-state index contributed by atoms with van der Waals surface area (Å²) in [5.74, 6) is -0.464. The molecule has 0 fully saturated rings. The van der Waals surface area contributed by atoms with Gasteiger partial charge < -0.3 is 9.80 Å². The zero-order valence-corrected chi connectivity index (χ0v) is 13.4. The number of anilines is 2. The highest BCUT2D eigenvalue weighted by Gasteiger charge is 2.35. The van der Waals surface area contributed by atoms with Gasteiger partial charge in [-0.3, -0.25) is 9.59 Å². The molecule has 4 nitrogen and oxygen atoms in total. The lowest BCUT2D eigenvalue weighted by atomic mass is 9.88. The highest BCUT2D eigenvalue weighted by atomic mass is 16.2. The van der Waals surface area contributed by atoms with Crippen molar-refractivity contribution in [3.63, 3.8) is 0 Å². The Bertz CT molecular complexity index is 727. The molecule has 0 spiro atoms. The number of carbonyl (C=O) groups is 2. The van der Waals surface area contributed by atoms with Crippen LogP contribution in [0, 0.1) is 0 Å². The number of nitrogens with zero attached hydrogens (tertiary/aromatic N) is 2. The highest BCUT2D eigenvalue weighted by Crippen LogP contribution is 2.36. The van der Waals surface area contributed by atoms with Crippen LogP contribution in [0.3, 0.4) is 0 Å². The molecule has 4 heteroatoms. The van der Waals surface area contributed by atoms with Crippen molar-refractivity contribution < 1.29 is 9.59 Å². The van der Waals surface area contributed by atoms with E-state index in [1.165, 1.54) is 0 Å². The molecule has 1 unspecified atom stereocenters. The van der Waals surface area contributed by atoms with E-state index in [9.17, 15) is 9.59 Å². The number of likely N-dealkylation sites (N-methyl/N-ethyl adjacent to an activating group) is 1. The fourth-order valence-electron chi connectivity index (χ4n) is 3.13. The second-order valence-corrected chi connectivity index (χ2v) is 5.69. The van der Waals surface area contributed by atoms with E-state index >= 15 is 0 Å². The van der Waals surface area contributed by atoms with Crippen LogP contribution in [0.2, 0.25) is 0 Å². The summed E-state index contributed by atoms with van der Waals surface area (Å²) in [5, 5.41) is 0. The van der Waals surface area contributed by atoms with Gasteiger partial charge in [-0.15, -0.1) is 0 Å². The molecule has 2 amide bonds. The van der Waals surface area contributed by atoms with Gasteiger partial charge in [-0.2, -0.15) is 0 Å². The second-order valence-electron chi connectivity index (χ2n) is 5.69. The van der Waals surface area contributed by atoms with Crippen molar-refractivity contribution in [3.8, 4) is 0 Å². The monoisotopic (exact) mass is 308 g/mol. The first-order chi connectivity index (χ1) is 11.1. The largest absolute Gasteiger partial charge is 0.315 e. The Balaban J connectivity index is 1.99. The maximum atomic E-state index is 13.1. The van der Waals surface area contributed by atoms with Crippen LogP contribution in [0.4, 0.5) is 11.4 Å². The summed E-state index contributed by atoms with van der Waals surface area (Å²) < 4.78 is 0. The van der Waals surface area contributed by atoms with E-state index in [1.807, 2.05) is 61.5 Å². The first kappa shape index (κ1) is 15.3. The number of hydrogen-bond donors (Lipinski definition) is 0. The Labute approximate surface area is 136 Å². The zero-order chi connectivity index (χ0) is 16.4. The maximum absolute atomic E-state index is 13.1. The van der Waals surface area contributed by atoms with Gasteiger partial charge in [0.15, 0.2) is 0 Å². The summed E-state index contributed by atoms with van der Waals surface area (Å²) >= 11 is 0. The Morgan fingerprint density at radius 3 is 2.48 bits per heavy atom. The minimum absolute atomic E-state index is 0.0207. The quantitative estimate of drug-likeness (QED) is 0.873. The molecular weight excluding hydrogens is 288 g/mol. The third-order valence-electron chi connectivity index (χ3n) is 4.37. The fraction of sp³-hybridized carbons (Fsp3) is 0.263. The number of benzene rings is 2. The molecule has 0 saturated carbocycles. The first-order valence-electron chi connectivity index (χ1n) is 7.85. The van der Waals surface area contributed by atoms with Crippen molar-refractivity contribution in [1.29, 1.82) is 0 Å². The Hall–Kier alpha value is -2.62. The molecule has 1 aliphatic heterocycles. The first-order valence-corrected chi connectivity index (χ1v) is 7.85. The van der Waals surface area contributed by atoms with Crippen molar-refractivity contribution >= 4 is 23.2 Å². The number of rotatable bonds is 3. The Kier molecular flexibility index (Phi) is 4.15. The lowest BCUT2D eigenvalue weighted by Gasteiger charge is -2.33. The predicted octanol–water partition coefficient (Wildman–Crippen LogP) is 3.19. The van der Waals surface area contributed by atoms with E-state index in [0.717, 1.165) is 16.9 Å². The lowest BCUT2D eigenvalue weighted by molar-refractivity contribution is -0.125. The molecule has 0 bridgehead atoms. The van der Waals surface area contributed by atoms with Gasteiger partial charge in [0, 0.05) is 31.4 Å². The highest BCUT2D eigenvalue weighted by molar-refractivity contribution is 6.06. The van der Waals surface area contributed by atoms with E-state index in [4.69, 9.17) is 0 Å². The standard InChI is InChI=1S/C19H20N2O2/c1-3-21(14-9-5-4-6-10-14)19(23)16-13-18(22)20(2)17-12-8-7-11-15(16)17/h4-12,16H,3,13H2,1-2H3. The maximum Gasteiger partial charge on any atom is 0.235 e. The SMILES string of the molecule is CCN(C(=O)C1CC(=O)N(C)c2ccccc21)c1ccccc1. The molecule has 1 aliphatic rings. The van der Waals surface area contributed by atoms with E-state index in [-0.39, 0.29) is 18.2 Å². The second kappa shape index (κ2) is 6.24. The van der Waals surface area contributed by atoms with Gasteiger partial charge in [-0.05, 0) is 30.7 Å². The Morgan fingerprint density at radius 1 is 1.13 bits per heavy atom. The van der Waals surface area contributed by atoms with Crippen LogP contribution < -0.4 is 9.80 Å². The minimum Gasteiger partial charge on any atom is -0.315 e. The van der Waals surface area contributed by atoms with E-state index in [2.05, 4.69) is 0 Å². The normalized spacial score (nSPS) is 16.9. The van der Waals surface area contributed by atoms with E-state index < -0.39 is 5.92 Å². The molecular formula is C19H20N2O2. The average molecular weight is 308 g/mol. The third kappa shape index (κ3) is 2.72. The summed E-state index contributed by atoms with van der Waals surface area (Å²) in [6.45, 7) is 2.53. The molecule has 2 aromatic carbocycles. The van der Waals surface area contributed by atoms with Crippen LogP contribution in [0.15, 0.2) is 54.6 Å². The number of fused-ring (bicyclic) bond motifs is 1. The van der Waals surface area contributed by atoms with Crippen molar-refractivity contribution in [2.24, 2.45) is 0 Å². The van der Waals surface area contributed by atoms with E-state index in [0.29, 0.717) is 6.54 Å². The summed E-state index contributed by atoms with van der Waals surface area (Å²) in [6.07, 6.45) is 0.218. The summed E-state index contributed by atoms with van der Waals surface area (Å²) in [7, 11) is 1.76. The van der Waals surface area contributed by atoms with Crippen LogP contribution in [-0.2, 0) is 9.59 Å². The number of para-hydroxylation sites is 2. The molecule has 1 atom stereocenters. The van der Waals surface area contributed by atoms with Crippen molar-refractivity contribution in [3.05, 3.63) is 60.2 Å². The minimum atomic E-state index is -0.421. The topological polar surface area (TPSA) is 40.6 Å². The van der Waals surface area contributed by atoms with Gasteiger partial charge in [0.05, 0.1) is 5.92 Å². The van der Waals surface area contributed by atoms with Crippen molar-refractivity contribution in [2.75, 3.05) is 23.4 Å². The van der Waals surface area contributed by atoms with Gasteiger partial charge in [-0.1, -0.05) is 36.4 Å². The predicted molar refractivity (Wildman–Crippen MR) is 91.7 cm³/mol. The summed E-state index contributed by atoms with van der Waals surface area (Å²) in [6, 6.07) is 17.2. The number of amides is 2. The average Bonchev–Trinajstić information content (AvgIpc) is 2.59. The molecule has 0 saturated heterocycles. The van der Waals surface area contributed by atoms with E-state index in [1.54, 1.807) is 16.8 Å². The van der Waals surface area contributed by atoms with Crippen LogP contribution in [0.5, 0.6) is 0 Å². The smallest absolute Gasteiger partial charge is 0.235 e. The molecule has 2 aromatic rings. The molecule has 3 rings (SSSR count).